The number of anilines is 1. The first-order chi connectivity index (χ1) is 17.6. The molecule has 1 fully saturated rings. The van der Waals surface area contributed by atoms with Crippen LogP contribution < -0.4 is 9.64 Å². The van der Waals surface area contributed by atoms with E-state index in [1.165, 1.54) is 0 Å². The van der Waals surface area contributed by atoms with Gasteiger partial charge >= 0.3 is 6.18 Å². The van der Waals surface area contributed by atoms with Gasteiger partial charge in [0.25, 0.3) is 5.91 Å². The fourth-order valence-electron chi connectivity index (χ4n) is 5.49. The van der Waals surface area contributed by atoms with Crippen LogP contribution in [0.3, 0.4) is 0 Å². The van der Waals surface area contributed by atoms with Crippen LogP contribution in [0.2, 0.25) is 0 Å². The van der Waals surface area contributed by atoms with Crippen molar-refractivity contribution in [1.82, 2.24) is 14.8 Å². The van der Waals surface area contributed by atoms with E-state index >= 15 is 0 Å². The van der Waals surface area contributed by atoms with Gasteiger partial charge < -0.3 is 19.3 Å². The molecule has 1 atom stereocenters. The lowest BCUT2D eigenvalue weighted by molar-refractivity contribution is -0.145. The van der Waals surface area contributed by atoms with E-state index in [0.29, 0.717) is 61.7 Å². The van der Waals surface area contributed by atoms with Gasteiger partial charge in [-0.3, -0.25) is 19.5 Å². The second-order valence-corrected chi connectivity index (χ2v) is 10.0. The zero-order valence-electron chi connectivity index (χ0n) is 20.8. The lowest BCUT2D eigenvalue weighted by Gasteiger charge is -2.36. The standard InChI is InChI=1S/C26H29F3N4O4/c1-31-21-9-17(3-4-22(21)37-14-23(31)34)12-32-8-6-25(15-32,16-36-2)24(35)33-7-5-20-18(13-33)10-19(11-30-20)26(27,28)29/h3-4,9-11H,5-8,12-16H2,1-2H3. The summed E-state index contributed by atoms with van der Waals surface area (Å²) < 4.78 is 50.6. The summed E-state index contributed by atoms with van der Waals surface area (Å²) in [5.74, 6) is 0.435. The first-order valence-electron chi connectivity index (χ1n) is 12.2. The minimum atomic E-state index is -4.48. The topological polar surface area (TPSA) is 75.2 Å². The quantitative estimate of drug-likeness (QED) is 0.606. The third-order valence-corrected chi connectivity index (χ3v) is 7.48. The minimum absolute atomic E-state index is 0.0190. The van der Waals surface area contributed by atoms with E-state index in [0.717, 1.165) is 17.8 Å². The summed E-state index contributed by atoms with van der Waals surface area (Å²) in [6.07, 6.45) is -2.63. The Morgan fingerprint density at radius 2 is 2.05 bits per heavy atom. The molecule has 5 rings (SSSR count). The summed E-state index contributed by atoms with van der Waals surface area (Å²) in [4.78, 5) is 35.2. The van der Waals surface area contributed by atoms with Crippen LogP contribution in [0.5, 0.6) is 5.75 Å². The summed E-state index contributed by atoms with van der Waals surface area (Å²) in [5, 5.41) is 0. The maximum Gasteiger partial charge on any atom is 0.417 e. The second-order valence-electron chi connectivity index (χ2n) is 10.0. The Labute approximate surface area is 212 Å². The van der Waals surface area contributed by atoms with Crippen molar-refractivity contribution in [1.29, 1.82) is 0 Å². The normalized spacial score (nSPS) is 22.0. The van der Waals surface area contributed by atoms with Crippen LogP contribution in [0, 0.1) is 5.41 Å². The van der Waals surface area contributed by atoms with Gasteiger partial charge in [-0.05, 0) is 42.3 Å². The number of likely N-dealkylation sites (tertiary alicyclic amines) is 1. The SMILES string of the molecule is COCC1(C(=O)N2CCc3ncc(C(F)(F)F)cc3C2)CCN(Cc2ccc3c(c2)N(C)C(=O)CO3)C1. The Morgan fingerprint density at radius 3 is 2.81 bits per heavy atom. The first kappa shape index (κ1) is 25.5. The van der Waals surface area contributed by atoms with E-state index < -0.39 is 17.2 Å². The molecule has 8 nitrogen and oxygen atoms in total. The molecule has 1 aromatic carbocycles. The van der Waals surface area contributed by atoms with Crippen molar-refractivity contribution < 1.29 is 32.2 Å². The van der Waals surface area contributed by atoms with Gasteiger partial charge in [0.05, 0.1) is 23.3 Å². The minimum Gasteiger partial charge on any atom is -0.482 e. The molecule has 4 heterocycles. The van der Waals surface area contributed by atoms with Crippen LogP contribution in [0.15, 0.2) is 30.5 Å². The summed E-state index contributed by atoms with van der Waals surface area (Å²) >= 11 is 0. The highest BCUT2D eigenvalue weighted by molar-refractivity contribution is 5.97. The predicted octanol–water partition coefficient (Wildman–Crippen LogP) is 2.88. The van der Waals surface area contributed by atoms with Crippen molar-refractivity contribution in [2.24, 2.45) is 5.41 Å². The van der Waals surface area contributed by atoms with E-state index in [9.17, 15) is 22.8 Å². The maximum absolute atomic E-state index is 13.8. The number of hydrogen-bond acceptors (Lipinski definition) is 6. The lowest BCUT2D eigenvalue weighted by Crippen LogP contribution is -2.49. The molecule has 1 unspecified atom stereocenters. The molecule has 3 aliphatic rings. The number of likely N-dealkylation sites (N-methyl/N-ethyl adjacent to an activating group) is 1. The fourth-order valence-corrected chi connectivity index (χ4v) is 5.49. The molecule has 198 valence electrons. The number of halogens is 3. The predicted molar refractivity (Wildman–Crippen MR) is 128 cm³/mol. The molecule has 0 spiro atoms. The molecule has 0 saturated carbocycles. The lowest BCUT2D eigenvalue weighted by atomic mass is 9.85. The van der Waals surface area contributed by atoms with Crippen molar-refractivity contribution in [3.63, 3.8) is 0 Å². The van der Waals surface area contributed by atoms with Crippen LogP contribution in [-0.4, -0.2) is 73.6 Å². The number of carbonyl (C=O) groups is 2. The largest absolute Gasteiger partial charge is 0.482 e. The molecule has 0 aliphatic carbocycles. The average Bonchev–Trinajstić information content (AvgIpc) is 3.28. The summed E-state index contributed by atoms with van der Waals surface area (Å²) in [6.45, 7) is 2.46. The number of hydrogen-bond donors (Lipinski definition) is 0. The van der Waals surface area contributed by atoms with Crippen molar-refractivity contribution >= 4 is 17.5 Å². The number of methoxy groups -OCH3 is 1. The summed E-state index contributed by atoms with van der Waals surface area (Å²) in [7, 11) is 3.27. The number of aromatic nitrogens is 1. The van der Waals surface area contributed by atoms with Crippen LogP contribution in [0.1, 0.15) is 28.8 Å². The molecule has 1 aromatic heterocycles. The van der Waals surface area contributed by atoms with Gasteiger partial charge in [-0.25, -0.2) is 0 Å². The Bertz CT molecular complexity index is 1220. The van der Waals surface area contributed by atoms with E-state index in [4.69, 9.17) is 9.47 Å². The smallest absolute Gasteiger partial charge is 0.417 e. The molecule has 0 bridgehead atoms. The van der Waals surface area contributed by atoms with Crippen LogP contribution in [0.25, 0.3) is 0 Å². The Hall–Kier alpha value is -3.18. The number of alkyl halides is 3. The highest BCUT2D eigenvalue weighted by Gasteiger charge is 2.47. The number of nitrogens with zero attached hydrogens (tertiary/aromatic N) is 4. The number of pyridine rings is 1. The highest BCUT2D eigenvalue weighted by atomic mass is 19.4. The molecular weight excluding hydrogens is 489 g/mol. The molecular formula is C26H29F3N4O4. The zero-order valence-corrected chi connectivity index (χ0v) is 20.8. The van der Waals surface area contributed by atoms with Crippen LogP contribution in [0.4, 0.5) is 18.9 Å². The third kappa shape index (κ3) is 4.89. The number of carbonyl (C=O) groups excluding carboxylic acids is 2. The first-order valence-corrected chi connectivity index (χ1v) is 12.2. The number of amides is 2. The number of fused-ring (bicyclic) bond motifs is 2. The third-order valence-electron chi connectivity index (χ3n) is 7.48. The molecule has 3 aliphatic heterocycles. The van der Waals surface area contributed by atoms with Crippen molar-refractivity contribution in [3.8, 4) is 5.75 Å². The van der Waals surface area contributed by atoms with Crippen LogP contribution >= 0.6 is 0 Å². The maximum atomic E-state index is 13.8. The van der Waals surface area contributed by atoms with E-state index in [1.807, 2.05) is 18.2 Å². The van der Waals surface area contributed by atoms with Gasteiger partial charge in [0.15, 0.2) is 6.61 Å². The van der Waals surface area contributed by atoms with Gasteiger partial charge in [0.1, 0.15) is 5.75 Å². The number of benzene rings is 1. The van der Waals surface area contributed by atoms with E-state index in [-0.39, 0.29) is 31.6 Å². The van der Waals surface area contributed by atoms with Gasteiger partial charge in [0, 0.05) is 58.6 Å². The molecule has 37 heavy (non-hydrogen) atoms. The monoisotopic (exact) mass is 518 g/mol. The Balaban J connectivity index is 1.31. The molecule has 2 aromatic rings. The molecule has 1 saturated heterocycles. The Kier molecular flexibility index (Phi) is 6.61. The van der Waals surface area contributed by atoms with Gasteiger partial charge in [0.2, 0.25) is 5.91 Å². The molecule has 11 heteroatoms. The Morgan fingerprint density at radius 1 is 1.24 bits per heavy atom. The fraction of sp³-hybridized carbons (Fsp3) is 0.500. The van der Waals surface area contributed by atoms with Crippen LogP contribution in [-0.2, 0) is 40.0 Å². The molecule has 0 radical (unpaired) electrons. The van der Waals surface area contributed by atoms with E-state index in [2.05, 4.69) is 9.88 Å². The number of ether oxygens (including phenoxy) is 2. The van der Waals surface area contributed by atoms with Crippen molar-refractivity contribution in [2.75, 3.05) is 51.9 Å². The van der Waals surface area contributed by atoms with Gasteiger partial charge in [-0.1, -0.05) is 6.07 Å². The van der Waals surface area contributed by atoms with Gasteiger partial charge in [-0.15, -0.1) is 0 Å². The van der Waals surface area contributed by atoms with Crippen molar-refractivity contribution in [2.45, 2.75) is 32.1 Å². The second kappa shape index (κ2) is 9.60. The average molecular weight is 519 g/mol. The van der Waals surface area contributed by atoms with Crippen molar-refractivity contribution in [3.05, 3.63) is 52.8 Å². The zero-order chi connectivity index (χ0) is 26.4. The van der Waals surface area contributed by atoms with Gasteiger partial charge in [-0.2, -0.15) is 13.2 Å². The molecule has 2 amide bonds. The number of rotatable bonds is 5. The summed E-state index contributed by atoms with van der Waals surface area (Å²) in [6, 6.07) is 6.84. The molecule has 0 N–H and O–H groups in total. The van der Waals surface area contributed by atoms with E-state index in [1.54, 1.807) is 24.0 Å². The highest BCUT2D eigenvalue weighted by Crippen LogP contribution is 2.38. The summed E-state index contributed by atoms with van der Waals surface area (Å²) in [5.41, 5.74) is 1.15.